The topological polar surface area (TPSA) is 64.6 Å². The zero-order valence-corrected chi connectivity index (χ0v) is 14.3. The summed E-state index contributed by atoms with van der Waals surface area (Å²) in [7, 11) is 0. The lowest BCUT2D eigenvalue weighted by Crippen LogP contribution is -2.30. The first-order valence-corrected chi connectivity index (χ1v) is 7.91. The number of carbonyl (C=O) groups is 2. The first kappa shape index (κ1) is 18.4. The first-order chi connectivity index (χ1) is 11.9. The van der Waals surface area contributed by atoms with Gasteiger partial charge in [0.05, 0.1) is 12.2 Å². The smallest absolute Gasteiger partial charge is 0.338 e. The Morgan fingerprint density at radius 2 is 1.84 bits per heavy atom. The number of ether oxygens (including phenoxy) is 2. The number of esters is 1. The second-order valence-corrected chi connectivity index (χ2v) is 5.45. The maximum Gasteiger partial charge on any atom is 0.338 e. The van der Waals surface area contributed by atoms with Crippen molar-refractivity contribution in [2.75, 3.05) is 11.9 Å². The minimum atomic E-state index is -0.795. The number of anilines is 1. The van der Waals surface area contributed by atoms with Crippen molar-refractivity contribution in [1.82, 2.24) is 0 Å². The summed E-state index contributed by atoms with van der Waals surface area (Å²) in [5.41, 5.74) is 1.66. The number of amides is 1. The van der Waals surface area contributed by atoms with Crippen molar-refractivity contribution in [2.45, 2.75) is 26.9 Å². The molecular formula is C19H20FNO4. The van der Waals surface area contributed by atoms with Gasteiger partial charge in [-0.1, -0.05) is 6.07 Å². The van der Waals surface area contributed by atoms with E-state index < -0.39 is 12.1 Å². The molecule has 1 amide bonds. The molecule has 1 N–H and O–H groups in total. The second kappa shape index (κ2) is 8.28. The number of rotatable bonds is 6. The Labute approximate surface area is 145 Å². The molecular weight excluding hydrogens is 325 g/mol. The molecule has 5 nitrogen and oxygen atoms in total. The maximum absolute atomic E-state index is 12.9. The number of aryl methyl sites for hydroxylation is 1. The standard InChI is InChI=1S/C19H20FNO4/c1-4-24-19(23)14-6-5-12(2)17(11-14)21-18(22)13(3)25-16-9-7-15(20)8-10-16/h5-11,13H,4H2,1-3H3,(H,21,22). The summed E-state index contributed by atoms with van der Waals surface area (Å²) in [4.78, 5) is 24.1. The van der Waals surface area contributed by atoms with Crippen molar-refractivity contribution in [3.8, 4) is 5.75 Å². The summed E-state index contributed by atoms with van der Waals surface area (Å²) in [6.07, 6.45) is -0.795. The van der Waals surface area contributed by atoms with E-state index in [1.807, 2.05) is 6.92 Å². The third kappa shape index (κ3) is 5.04. The van der Waals surface area contributed by atoms with E-state index in [4.69, 9.17) is 9.47 Å². The van der Waals surface area contributed by atoms with Crippen molar-refractivity contribution in [3.05, 3.63) is 59.4 Å². The van der Waals surface area contributed by atoms with Crippen LogP contribution in [0.15, 0.2) is 42.5 Å². The highest BCUT2D eigenvalue weighted by molar-refractivity contribution is 5.97. The molecule has 0 saturated heterocycles. The van der Waals surface area contributed by atoms with Gasteiger partial charge in [-0.3, -0.25) is 4.79 Å². The monoisotopic (exact) mass is 345 g/mol. The molecule has 2 aromatic rings. The summed E-state index contributed by atoms with van der Waals surface area (Å²) < 4.78 is 23.3. The van der Waals surface area contributed by atoms with Crippen LogP contribution in [-0.4, -0.2) is 24.6 Å². The van der Waals surface area contributed by atoms with E-state index in [1.165, 1.54) is 24.3 Å². The number of hydrogen-bond donors (Lipinski definition) is 1. The van der Waals surface area contributed by atoms with Crippen molar-refractivity contribution in [2.24, 2.45) is 0 Å². The van der Waals surface area contributed by atoms with Gasteiger partial charge in [-0.25, -0.2) is 9.18 Å². The number of benzene rings is 2. The Morgan fingerprint density at radius 1 is 1.16 bits per heavy atom. The van der Waals surface area contributed by atoms with Crippen LogP contribution in [0.3, 0.4) is 0 Å². The molecule has 2 rings (SSSR count). The molecule has 0 aliphatic carbocycles. The maximum atomic E-state index is 12.9. The molecule has 132 valence electrons. The molecule has 0 spiro atoms. The van der Waals surface area contributed by atoms with Gasteiger partial charge in [0.2, 0.25) is 0 Å². The highest BCUT2D eigenvalue weighted by atomic mass is 19.1. The van der Waals surface area contributed by atoms with Crippen molar-refractivity contribution < 1.29 is 23.5 Å². The van der Waals surface area contributed by atoms with Crippen LogP contribution >= 0.6 is 0 Å². The van der Waals surface area contributed by atoms with E-state index in [1.54, 1.807) is 32.0 Å². The van der Waals surface area contributed by atoms with Crippen LogP contribution in [0.2, 0.25) is 0 Å². The largest absolute Gasteiger partial charge is 0.481 e. The van der Waals surface area contributed by atoms with Crippen molar-refractivity contribution >= 4 is 17.6 Å². The van der Waals surface area contributed by atoms with Gasteiger partial charge in [0.15, 0.2) is 6.10 Å². The summed E-state index contributed by atoms with van der Waals surface area (Å²) in [5, 5.41) is 2.73. The fourth-order valence-electron chi connectivity index (χ4n) is 2.10. The van der Waals surface area contributed by atoms with Gasteiger partial charge in [0, 0.05) is 5.69 Å². The minimum absolute atomic E-state index is 0.275. The third-order valence-electron chi connectivity index (χ3n) is 3.50. The molecule has 0 aliphatic heterocycles. The van der Waals surface area contributed by atoms with E-state index in [2.05, 4.69) is 5.32 Å². The van der Waals surface area contributed by atoms with Crippen molar-refractivity contribution in [1.29, 1.82) is 0 Å². The molecule has 1 atom stereocenters. The second-order valence-electron chi connectivity index (χ2n) is 5.45. The third-order valence-corrected chi connectivity index (χ3v) is 3.50. The Balaban J connectivity index is 2.07. The average Bonchev–Trinajstić information content (AvgIpc) is 2.59. The van der Waals surface area contributed by atoms with Gasteiger partial charge in [-0.15, -0.1) is 0 Å². The Morgan fingerprint density at radius 3 is 2.48 bits per heavy atom. The fraction of sp³-hybridized carbons (Fsp3) is 0.263. The molecule has 1 unspecified atom stereocenters. The molecule has 25 heavy (non-hydrogen) atoms. The molecule has 0 heterocycles. The molecule has 0 aliphatic rings. The minimum Gasteiger partial charge on any atom is -0.481 e. The Kier molecular flexibility index (Phi) is 6.11. The van der Waals surface area contributed by atoms with E-state index >= 15 is 0 Å². The van der Waals surface area contributed by atoms with Crippen LogP contribution in [0.25, 0.3) is 0 Å². The number of carbonyl (C=O) groups excluding carboxylic acids is 2. The zero-order valence-electron chi connectivity index (χ0n) is 14.3. The van der Waals surface area contributed by atoms with E-state index in [0.29, 0.717) is 17.0 Å². The molecule has 0 bridgehead atoms. The quantitative estimate of drug-likeness (QED) is 0.811. The highest BCUT2D eigenvalue weighted by Gasteiger charge is 2.17. The van der Waals surface area contributed by atoms with Crippen LogP contribution in [0.5, 0.6) is 5.75 Å². The summed E-state index contributed by atoms with van der Waals surface area (Å²) >= 11 is 0. The van der Waals surface area contributed by atoms with Gasteiger partial charge >= 0.3 is 5.97 Å². The van der Waals surface area contributed by atoms with Crippen LogP contribution in [0.4, 0.5) is 10.1 Å². The Hall–Kier alpha value is -2.89. The van der Waals surface area contributed by atoms with Crippen LogP contribution in [-0.2, 0) is 9.53 Å². The zero-order chi connectivity index (χ0) is 18.4. The average molecular weight is 345 g/mol. The van der Waals surface area contributed by atoms with E-state index in [9.17, 15) is 14.0 Å². The summed E-state index contributed by atoms with van der Waals surface area (Å²) in [6, 6.07) is 10.3. The fourth-order valence-corrected chi connectivity index (χ4v) is 2.10. The van der Waals surface area contributed by atoms with Gasteiger partial charge in [-0.2, -0.15) is 0 Å². The lowest BCUT2D eigenvalue weighted by Gasteiger charge is -2.16. The lowest BCUT2D eigenvalue weighted by atomic mass is 10.1. The number of halogens is 1. The van der Waals surface area contributed by atoms with Crippen molar-refractivity contribution in [3.63, 3.8) is 0 Å². The molecule has 0 fully saturated rings. The Bertz CT molecular complexity index is 759. The van der Waals surface area contributed by atoms with Gasteiger partial charge in [0.25, 0.3) is 5.91 Å². The molecule has 0 aromatic heterocycles. The predicted molar refractivity (Wildman–Crippen MR) is 92.3 cm³/mol. The van der Waals surface area contributed by atoms with Crippen LogP contribution in [0, 0.1) is 12.7 Å². The van der Waals surface area contributed by atoms with E-state index in [-0.39, 0.29) is 18.3 Å². The predicted octanol–water partition coefficient (Wildman–Crippen LogP) is 3.72. The summed E-state index contributed by atoms with van der Waals surface area (Å²) in [5.74, 6) is -0.820. The first-order valence-electron chi connectivity index (χ1n) is 7.91. The summed E-state index contributed by atoms with van der Waals surface area (Å²) in [6.45, 7) is 5.40. The van der Waals surface area contributed by atoms with Crippen LogP contribution in [0.1, 0.15) is 29.8 Å². The molecule has 2 aromatic carbocycles. The van der Waals surface area contributed by atoms with Gasteiger partial charge in [0.1, 0.15) is 11.6 Å². The lowest BCUT2D eigenvalue weighted by molar-refractivity contribution is -0.122. The highest BCUT2D eigenvalue weighted by Crippen LogP contribution is 2.19. The van der Waals surface area contributed by atoms with E-state index in [0.717, 1.165) is 5.56 Å². The normalized spacial score (nSPS) is 11.5. The van der Waals surface area contributed by atoms with Crippen LogP contribution < -0.4 is 10.1 Å². The number of nitrogens with one attached hydrogen (secondary N) is 1. The molecule has 0 saturated carbocycles. The van der Waals surface area contributed by atoms with Gasteiger partial charge in [-0.05, 0) is 62.7 Å². The number of hydrogen-bond acceptors (Lipinski definition) is 4. The van der Waals surface area contributed by atoms with Gasteiger partial charge < -0.3 is 14.8 Å². The molecule has 6 heteroatoms. The molecule has 0 radical (unpaired) electrons. The SMILES string of the molecule is CCOC(=O)c1ccc(C)c(NC(=O)C(C)Oc2ccc(F)cc2)c1.